The quantitative estimate of drug-likeness (QED) is 0.649. The summed E-state index contributed by atoms with van der Waals surface area (Å²) in [6, 6.07) is 9.03. The molecule has 0 aliphatic heterocycles. The van der Waals surface area contributed by atoms with Crippen molar-refractivity contribution in [3.05, 3.63) is 35.9 Å². The fourth-order valence-corrected chi connectivity index (χ4v) is 1.84. The maximum absolute atomic E-state index is 11.3. The van der Waals surface area contributed by atoms with E-state index in [2.05, 4.69) is 5.32 Å². The van der Waals surface area contributed by atoms with Crippen molar-refractivity contribution in [1.29, 1.82) is 0 Å². The van der Waals surface area contributed by atoms with Crippen molar-refractivity contribution < 1.29 is 28.7 Å². The van der Waals surface area contributed by atoms with E-state index < -0.39 is 25.6 Å². The lowest BCUT2D eigenvalue weighted by Crippen LogP contribution is -2.30. The van der Waals surface area contributed by atoms with Crippen LogP contribution in [-0.4, -0.2) is 34.4 Å². The summed E-state index contributed by atoms with van der Waals surface area (Å²) in [5.74, 6) is -0.468. The van der Waals surface area contributed by atoms with Gasteiger partial charge in [-0.25, -0.2) is 4.79 Å². The third-order valence-corrected chi connectivity index (χ3v) is 3.13. The molecule has 0 bridgehead atoms. The number of benzene rings is 1. The van der Waals surface area contributed by atoms with Crippen LogP contribution in [0.25, 0.3) is 0 Å². The molecule has 0 aliphatic rings. The summed E-state index contributed by atoms with van der Waals surface area (Å²) in [7, 11) is -4.18. The molecule has 0 aromatic heterocycles. The molecule has 0 heterocycles. The van der Waals surface area contributed by atoms with Gasteiger partial charge in [-0.15, -0.1) is 0 Å². The van der Waals surface area contributed by atoms with Gasteiger partial charge in [0.2, 0.25) is 0 Å². The van der Waals surface area contributed by atoms with Gasteiger partial charge in [-0.3, -0.25) is 9.36 Å². The number of hydrogen-bond donors (Lipinski definition) is 3. The highest BCUT2D eigenvalue weighted by Gasteiger charge is 2.15. The lowest BCUT2D eigenvalue weighted by molar-refractivity contribution is -0.117. The molecule has 0 unspecified atom stereocenters. The van der Waals surface area contributed by atoms with E-state index in [0.29, 0.717) is 0 Å². The SMILES string of the molecule is O=C(CCP(=O)(O)O)CNC(=O)OCc1ccccc1. The Kier molecular flexibility index (Phi) is 6.38. The van der Waals surface area contributed by atoms with Crippen LogP contribution in [0.1, 0.15) is 12.0 Å². The van der Waals surface area contributed by atoms with Crippen LogP contribution in [-0.2, 0) is 20.7 Å². The summed E-state index contributed by atoms with van der Waals surface area (Å²) in [5.41, 5.74) is 0.815. The molecule has 0 radical (unpaired) electrons. The summed E-state index contributed by atoms with van der Waals surface area (Å²) >= 11 is 0. The first kappa shape index (κ1) is 16.4. The number of amides is 1. The second kappa shape index (κ2) is 7.79. The van der Waals surface area contributed by atoms with E-state index in [0.717, 1.165) is 5.56 Å². The van der Waals surface area contributed by atoms with Crippen molar-refractivity contribution in [3.63, 3.8) is 0 Å². The van der Waals surface area contributed by atoms with E-state index >= 15 is 0 Å². The highest BCUT2D eigenvalue weighted by Crippen LogP contribution is 2.34. The Labute approximate surface area is 116 Å². The summed E-state index contributed by atoms with van der Waals surface area (Å²) < 4.78 is 15.4. The normalized spacial score (nSPS) is 10.9. The Bertz CT molecular complexity index is 498. The molecule has 0 atom stereocenters. The zero-order valence-corrected chi connectivity index (χ0v) is 11.6. The minimum atomic E-state index is -4.18. The van der Waals surface area contributed by atoms with Crippen LogP contribution in [0.4, 0.5) is 4.79 Å². The van der Waals surface area contributed by atoms with E-state index in [1.54, 1.807) is 12.1 Å². The van der Waals surface area contributed by atoms with Crippen molar-refractivity contribution in [2.24, 2.45) is 0 Å². The summed E-state index contributed by atoms with van der Waals surface area (Å²) in [6.45, 7) is -0.225. The first-order chi connectivity index (χ1) is 9.37. The molecule has 0 spiro atoms. The molecular weight excluding hydrogens is 285 g/mol. The number of ketones is 1. The summed E-state index contributed by atoms with van der Waals surface area (Å²) in [6.07, 6.45) is -1.56. The molecule has 1 amide bonds. The van der Waals surface area contributed by atoms with Crippen LogP contribution in [0, 0.1) is 0 Å². The van der Waals surface area contributed by atoms with Gasteiger partial charge in [-0.05, 0) is 5.56 Å². The second-order valence-electron chi connectivity index (χ2n) is 4.09. The molecule has 0 fully saturated rings. The Hall–Kier alpha value is -1.69. The third-order valence-electron chi connectivity index (χ3n) is 2.32. The van der Waals surface area contributed by atoms with E-state index in [1.807, 2.05) is 18.2 Å². The van der Waals surface area contributed by atoms with Gasteiger partial charge in [0.25, 0.3) is 0 Å². The van der Waals surface area contributed by atoms with E-state index in [1.165, 1.54) is 0 Å². The standard InChI is InChI=1S/C12H16NO6P/c14-11(6-7-20(16,17)18)8-13-12(15)19-9-10-4-2-1-3-5-10/h1-5H,6-9H2,(H,13,15)(H2,16,17,18). The Morgan fingerprint density at radius 2 is 1.85 bits per heavy atom. The van der Waals surface area contributed by atoms with Gasteiger partial charge in [0.05, 0.1) is 12.7 Å². The van der Waals surface area contributed by atoms with Crippen LogP contribution in [0.3, 0.4) is 0 Å². The molecule has 8 heteroatoms. The minimum absolute atomic E-state index is 0.0867. The number of ether oxygens (including phenoxy) is 1. The van der Waals surface area contributed by atoms with Gasteiger partial charge in [-0.1, -0.05) is 30.3 Å². The Morgan fingerprint density at radius 3 is 2.45 bits per heavy atom. The first-order valence-corrected chi connectivity index (χ1v) is 7.67. The smallest absolute Gasteiger partial charge is 0.407 e. The van der Waals surface area contributed by atoms with Crippen LogP contribution in [0.15, 0.2) is 30.3 Å². The fourth-order valence-electron chi connectivity index (χ4n) is 1.30. The number of carbonyl (C=O) groups excluding carboxylic acids is 2. The first-order valence-electron chi connectivity index (χ1n) is 5.87. The van der Waals surface area contributed by atoms with E-state index in [-0.39, 0.29) is 19.6 Å². The van der Waals surface area contributed by atoms with Gasteiger partial charge in [0, 0.05) is 6.42 Å². The van der Waals surface area contributed by atoms with Crippen LogP contribution < -0.4 is 5.32 Å². The molecule has 0 saturated heterocycles. The molecule has 7 nitrogen and oxygen atoms in total. The highest BCUT2D eigenvalue weighted by atomic mass is 31.2. The predicted octanol–water partition coefficient (Wildman–Crippen LogP) is 1.05. The summed E-state index contributed by atoms with van der Waals surface area (Å²) in [4.78, 5) is 39.7. The Balaban J connectivity index is 2.20. The van der Waals surface area contributed by atoms with Gasteiger partial charge >= 0.3 is 13.7 Å². The van der Waals surface area contributed by atoms with Gasteiger partial charge in [0.15, 0.2) is 5.78 Å². The molecule has 1 aromatic rings. The molecule has 110 valence electrons. The van der Waals surface area contributed by atoms with Crippen molar-refractivity contribution in [2.45, 2.75) is 13.0 Å². The maximum Gasteiger partial charge on any atom is 0.407 e. The topological polar surface area (TPSA) is 113 Å². The number of nitrogens with one attached hydrogen (secondary N) is 1. The average molecular weight is 301 g/mol. The predicted molar refractivity (Wildman–Crippen MR) is 71.2 cm³/mol. The van der Waals surface area contributed by atoms with E-state index in [4.69, 9.17) is 14.5 Å². The number of hydrogen-bond acceptors (Lipinski definition) is 4. The zero-order chi connectivity index (χ0) is 15.0. The molecular formula is C12H16NO6P. The number of rotatable bonds is 7. The van der Waals surface area contributed by atoms with Crippen molar-refractivity contribution >= 4 is 19.5 Å². The van der Waals surface area contributed by atoms with E-state index in [9.17, 15) is 14.2 Å². The number of carbonyl (C=O) groups is 2. The average Bonchev–Trinajstić information content (AvgIpc) is 2.41. The van der Waals surface area contributed by atoms with Gasteiger partial charge < -0.3 is 19.8 Å². The number of Topliss-reactive ketones (excluding diaryl/α,β-unsaturated/α-hetero) is 1. The van der Waals surface area contributed by atoms with Crippen LogP contribution in [0.5, 0.6) is 0 Å². The Morgan fingerprint density at radius 1 is 1.20 bits per heavy atom. The monoisotopic (exact) mass is 301 g/mol. The second-order valence-corrected chi connectivity index (χ2v) is 5.87. The molecule has 0 saturated carbocycles. The van der Waals surface area contributed by atoms with Crippen LogP contribution >= 0.6 is 7.60 Å². The lowest BCUT2D eigenvalue weighted by atomic mass is 10.2. The fraction of sp³-hybridized carbons (Fsp3) is 0.333. The third kappa shape index (κ3) is 7.68. The van der Waals surface area contributed by atoms with Crippen LogP contribution in [0.2, 0.25) is 0 Å². The highest BCUT2D eigenvalue weighted by molar-refractivity contribution is 7.51. The van der Waals surface area contributed by atoms with Gasteiger partial charge in [0.1, 0.15) is 6.61 Å². The maximum atomic E-state index is 11.3. The molecule has 20 heavy (non-hydrogen) atoms. The summed E-state index contributed by atoms with van der Waals surface area (Å²) in [5, 5.41) is 2.23. The lowest BCUT2D eigenvalue weighted by Gasteiger charge is -2.07. The van der Waals surface area contributed by atoms with Gasteiger partial charge in [-0.2, -0.15) is 0 Å². The zero-order valence-electron chi connectivity index (χ0n) is 10.7. The largest absolute Gasteiger partial charge is 0.445 e. The molecule has 1 rings (SSSR count). The molecule has 1 aromatic carbocycles. The van der Waals surface area contributed by atoms with Crippen molar-refractivity contribution in [3.8, 4) is 0 Å². The van der Waals surface area contributed by atoms with Crippen molar-refractivity contribution in [1.82, 2.24) is 5.32 Å². The molecule has 0 aliphatic carbocycles. The van der Waals surface area contributed by atoms with Crippen molar-refractivity contribution in [2.75, 3.05) is 12.7 Å². The minimum Gasteiger partial charge on any atom is -0.445 e. The molecule has 3 N–H and O–H groups in total. The number of alkyl carbamates (subject to hydrolysis) is 1.